The average Bonchev–Trinajstić information content (AvgIpc) is 3.04. The Kier molecular flexibility index (Phi) is 7.83. The van der Waals surface area contributed by atoms with Crippen molar-refractivity contribution in [1.82, 2.24) is 30.7 Å². The summed E-state index contributed by atoms with van der Waals surface area (Å²) in [6.45, 7) is 8.75. The molecule has 9 heteroatoms. The maximum absolute atomic E-state index is 11.8. The molecule has 0 bridgehead atoms. The molecule has 2 heterocycles. The number of hydrogen-bond acceptors (Lipinski definition) is 5. The van der Waals surface area contributed by atoms with Crippen LogP contribution in [0.15, 0.2) is 4.99 Å². The Morgan fingerprint density at radius 2 is 2.23 bits per heavy atom. The first kappa shape index (κ1) is 20.2. The summed E-state index contributed by atoms with van der Waals surface area (Å²) in [5, 5.41) is 14.0. The van der Waals surface area contributed by atoms with Crippen LogP contribution in [0.5, 0.6) is 0 Å². The van der Waals surface area contributed by atoms with Gasteiger partial charge in [-0.05, 0) is 13.3 Å². The summed E-state index contributed by atoms with van der Waals surface area (Å²) in [6.07, 6.45) is 1.84. The van der Waals surface area contributed by atoms with Crippen LogP contribution >= 0.6 is 0 Å². The lowest BCUT2D eigenvalue weighted by molar-refractivity contribution is -0.119. The molecule has 2 rings (SSSR count). The molecule has 1 unspecified atom stereocenters. The second-order valence-electron chi connectivity index (χ2n) is 6.64. The lowest BCUT2D eigenvalue weighted by Crippen LogP contribution is -2.47. The molecule has 0 saturated heterocycles. The minimum atomic E-state index is -0.122. The number of rotatable bonds is 8. The molecule has 0 fully saturated rings. The van der Waals surface area contributed by atoms with Gasteiger partial charge in [-0.15, -0.1) is 0 Å². The molecule has 0 saturated carbocycles. The van der Waals surface area contributed by atoms with E-state index in [1.54, 1.807) is 7.11 Å². The Balaban J connectivity index is 1.90. The number of guanidine groups is 1. The molecule has 0 aliphatic carbocycles. The number of hydrogen-bond donors (Lipinski definition) is 3. The fourth-order valence-corrected chi connectivity index (χ4v) is 2.70. The van der Waals surface area contributed by atoms with Crippen LogP contribution in [0.4, 0.5) is 0 Å². The molecule has 3 N–H and O–H groups in total. The number of amides is 1. The fourth-order valence-electron chi connectivity index (χ4n) is 2.70. The van der Waals surface area contributed by atoms with E-state index in [2.05, 4.69) is 44.9 Å². The number of fused-ring (bicyclic) bond motifs is 1. The molecule has 1 atom stereocenters. The van der Waals surface area contributed by atoms with Crippen molar-refractivity contribution < 1.29 is 9.53 Å². The van der Waals surface area contributed by atoms with Crippen LogP contribution in [0.3, 0.4) is 0 Å². The Bertz CT molecular complexity index is 612. The molecule has 1 aromatic heterocycles. The van der Waals surface area contributed by atoms with E-state index in [1.165, 1.54) is 0 Å². The van der Waals surface area contributed by atoms with E-state index in [0.29, 0.717) is 25.0 Å². The van der Waals surface area contributed by atoms with Gasteiger partial charge in [0.25, 0.3) is 0 Å². The molecule has 1 amide bonds. The number of ether oxygens (including phenoxy) is 1. The SMILES string of the molecule is CCNC(=NCC(=O)NCCOC)NC1CCc2nc(C(C)C)nn2C1. The van der Waals surface area contributed by atoms with E-state index < -0.39 is 0 Å². The van der Waals surface area contributed by atoms with Crippen LogP contribution in [0.25, 0.3) is 0 Å². The summed E-state index contributed by atoms with van der Waals surface area (Å²) in [4.78, 5) is 20.8. The Labute approximate surface area is 155 Å². The van der Waals surface area contributed by atoms with Crippen LogP contribution in [-0.4, -0.2) is 66.0 Å². The highest BCUT2D eigenvalue weighted by atomic mass is 16.5. The minimum Gasteiger partial charge on any atom is -0.383 e. The van der Waals surface area contributed by atoms with Gasteiger partial charge in [-0.2, -0.15) is 5.10 Å². The third-order valence-corrected chi connectivity index (χ3v) is 4.09. The van der Waals surface area contributed by atoms with E-state index in [0.717, 1.165) is 37.6 Å². The first-order valence-electron chi connectivity index (χ1n) is 9.27. The van der Waals surface area contributed by atoms with Crippen LogP contribution < -0.4 is 16.0 Å². The van der Waals surface area contributed by atoms with E-state index in [9.17, 15) is 4.79 Å². The molecule has 0 radical (unpaired) electrons. The number of methoxy groups -OCH3 is 1. The van der Waals surface area contributed by atoms with Crippen LogP contribution in [0.1, 0.15) is 44.8 Å². The second-order valence-corrected chi connectivity index (χ2v) is 6.64. The lowest BCUT2D eigenvalue weighted by Gasteiger charge is -2.25. The highest BCUT2D eigenvalue weighted by Crippen LogP contribution is 2.16. The summed E-state index contributed by atoms with van der Waals surface area (Å²) in [7, 11) is 1.60. The lowest BCUT2D eigenvalue weighted by atomic mass is 10.1. The zero-order valence-corrected chi connectivity index (χ0v) is 16.2. The maximum Gasteiger partial charge on any atom is 0.241 e. The summed E-state index contributed by atoms with van der Waals surface area (Å²) in [5.74, 6) is 2.80. The van der Waals surface area contributed by atoms with Gasteiger partial charge in [0.15, 0.2) is 11.8 Å². The monoisotopic (exact) mass is 365 g/mol. The van der Waals surface area contributed by atoms with E-state index in [4.69, 9.17) is 4.74 Å². The van der Waals surface area contributed by atoms with Crippen molar-refractivity contribution in [1.29, 1.82) is 0 Å². The van der Waals surface area contributed by atoms with Gasteiger partial charge in [-0.1, -0.05) is 13.8 Å². The molecule has 1 aromatic rings. The Morgan fingerprint density at radius 1 is 1.42 bits per heavy atom. The molecule has 146 valence electrons. The van der Waals surface area contributed by atoms with E-state index >= 15 is 0 Å². The molecular formula is C17H31N7O2. The van der Waals surface area contributed by atoms with Gasteiger partial charge in [0.2, 0.25) is 5.91 Å². The molecule has 26 heavy (non-hydrogen) atoms. The van der Waals surface area contributed by atoms with Crippen molar-refractivity contribution in [3.8, 4) is 0 Å². The molecule has 0 spiro atoms. The highest BCUT2D eigenvalue weighted by molar-refractivity contribution is 5.85. The first-order valence-corrected chi connectivity index (χ1v) is 9.27. The molecule has 1 aliphatic rings. The van der Waals surface area contributed by atoms with Gasteiger partial charge < -0.3 is 20.7 Å². The van der Waals surface area contributed by atoms with Crippen molar-refractivity contribution in [2.24, 2.45) is 4.99 Å². The van der Waals surface area contributed by atoms with Gasteiger partial charge in [0, 0.05) is 38.6 Å². The van der Waals surface area contributed by atoms with Crippen LogP contribution in [0.2, 0.25) is 0 Å². The van der Waals surface area contributed by atoms with E-state index in [1.807, 2.05) is 11.6 Å². The van der Waals surface area contributed by atoms with Gasteiger partial charge in [-0.25, -0.2) is 14.7 Å². The number of nitrogens with zero attached hydrogens (tertiary/aromatic N) is 4. The predicted octanol–water partition coefficient (Wildman–Crippen LogP) is 0.0340. The van der Waals surface area contributed by atoms with Crippen molar-refractivity contribution in [2.45, 2.75) is 52.1 Å². The van der Waals surface area contributed by atoms with Gasteiger partial charge in [0.05, 0.1) is 13.2 Å². The largest absolute Gasteiger partial charge is 0.383 e. The molecule has 0 aromatic carbocycles. The smallest absolute Gasteiger partial charge is 0.241 e. The van der Waals surface area contributed by atoms with Crippen molar-refractivity contribution in [3.05, 3.63) is 11.6 Å². The standard InChI is InChI=1S/C17H31N7O2/c1-5-18-17(20-10-15(25)19-8-9-26-4)21-13-6-7-14-22-16(12(2)3)23-24(14)11-13/h12-13H,5-11H2,1-4H3,(H,19,25)(H2,18,20,21). The van der Waals surface area contributed by atoms with Crippen LogP contribution in [-0.2, 0) is 22.5 Å². The molecular weight excluding hydrogens is 334 g/mol. The van der Waals surface area contributed by atoms with Gasteiger partial charge in [-0.3, -0.25) is 4.79 Å². The van der Waals surface area contributed by atoms with E-state index in [-0.39, 0.29) is 18.5 Å². The molecule has 9 nitrogen and oxygen atoms in total. The van der Waals surface area contributed by atoms with Crippen molar-refractivity contribution in [2.75, 3.05) is 33.4 Å². The summed E-state index contributed by atoms with van der Waals surface area (Å²) >= 11 is 0. The summed E-state index contributed by atoms with van der Waals surface area (Å²) in [6, 6.07) is 0.207. The number of nitrogens with one attached hydrogen (secondary N) is 3. The zero-order chi connectivity index (χ0) is 18.9. The molecule has 1 aliphatic heterocycles. The van der Waals surface area contributed by atoms with Gasteiger partial charge >= 0.3 is 0 Å². The quantitative estimate of drug-likeness (QED) is 0.341. The normalized spacial score (nSPS) is 17.1. The Hall–Kier alpha value is -2.16. The second kappa shape index (κ2) is 10.1. The third kappa shape index (κ3) is 5.98. The number of carbonyl (C=O) groups is 1. The van der Waals surface area contributed by atoms with Gasteiger partial charge in [0.1, 0.15) is 12.4 Å². The maximum atomic E-state index is 11.8. The topological polar surface area (TPSA) is 105 Å². The average molecular weight is 365 g/mol. The van der Waals surface area contributed by atoms with Crippen molar-refractivity contribution in [3.63, 3.8) is 0 Å². The number of aliphatic imine (C=N–C) groups is 1. The number of carbonyl (C=O) groups excluding carboxylic acids is 1. The summed E-state index contributed by atoms with van der Waals surface area (Å²) < 4.78 is 6.90. The highest BCUT2D eigenvalue weighted by Gasteiger charge is 2.23. The predicted molar refractivity (Wildman–Crippen MR) is 100 cm³/mol. The zero-order valence-electron chi connectivity index (χ0n) is 16.2. The number of aromatic nitrogens is 3. The summed E-state index contributed by atoms with van der Waals surface area (Å²) in [5.41, 5.74) is 0. The van der Waals surface area contributed by atoms with Crippen molar-refractivity contribution >= 4 is 11.9 Å². The minimum absolute atomic E-state index is 0.0812. The third-order valence-electron chi connectivity index (χ3n) is 4.09. The first-order chi connectivity index (χ1) is 12.5. The fraction of sp³-hybridized carbons (Fsp3) is 0.765. The van der Waals surface area contributed by atoms with Crippen LogP contribution in [0, 0.1) is 0 Å². The number of aryl methyl sites for hydroxylation is 1. The Morgan fingerprint density at radius 3 is 2.92 bits per heavy atom.